The topological polar surface area (TPSA) is 13.1 Å². The minimum Gasteiger partial charge on any atom is -0.455 e. The fourth-order valence-corrected chi connectivity index (χ4v) is 11.4. The lowest BCUT2D eigenvalue weighted by molar-refractivity contribution is 0.658. The van der Waals surface area contributed by atoms with E-state index in [9.17, 15) is 0 Å². The normalized spacial score (nSPS) is 14.5. The summed E-state index contributed by atoms with van der Waals surface area (Å²) in [5.41, 5.74) is 25.1. The lowest BCUT2D eigenvalue weighted by Crippen LogP contribution is -2.16. The molecule has 278 valence electrons. The fraction of sp³-hybridized carbons (Fsp3) is 0.103. The number of para-hydroxylation sites is 2. The second kappa shape index (κ2) is 12.0. The summed E-state index contributed by atoms with van der Waals surface area (Å²) in [4.78, 5) is 0. The van der Waals surface area contributed by atoms with Crippen molar-refractivity contribution < 1.29 is 4.42 Å². The van der Waals surface area contributed by atoms with Crippen LogP contribution in [0.1, 0.15) is 69.8 Å². The van der Waals surface area contributed by atoms with Gasteiger partial charge < -0.3 is 4.42 Å². The third-order valence-corrected chi connectivity index (χ3v) is 14.1. The van der Waals surface area contributed by atoms with Gasteiger partial charge in [-0.05, 0) is 125 Å². The molecule has 1 heteroatoms. The van der Waals surface area contributed by atoms with Crippen molar-refractivity contribution in [3.63, 3.8) is 0 Å². The van der Waals surface area contributed by atoms with Gasteiger partial charge in [-0.25, -0.2) is 0 Å². The molecular formula is C58H40O. The number of benzene rings is 9. The number of rotatable bonds is 4. The third kappa shape index (κ3) is 4.56. The highest BCUT2D eigenvalue weighted by Crippen LogP contribution is 2.54. The Hall–Kier alpha value is -6.96. The van der Waals surface area contributed by atoms with Gasteiger partial charge in [0.2, 0.25) is 0 Å². The summed E-state index contributed by atoms with van der Waals surface area (Å²) in [6.07, 6.45) is 1.80. The van der Waals surface area contributed by atoms with Crippen molar-refractivity contribution in [3.8, 4) is 44.5 Å². The van der Waals surface area contributed by atoms with Crippen molar-refractivity contribution in [1.29, 1.82) is 0 Å². The van der Waals surface area contributed by atoms with Gasteiger partial charge in [0, 0.05) is 27.7 Å². The van der Waals surface area contributed by atoms with Crippen LogP contribution in [-0.4, -0.2) is 0 Å². The molecule has 1 nitrogen and oxygen atoms in total. The Bertz CT molecular complexity index is 3430. The summed E-state index contributed by atoms with van der Waals surface area (Å²) in [6, 6.07) is 66.1. The fourth-order valence-electron chi connectivity index (χ4n) is 11.4. The predicted octanol–water partition coefficient (Wildman–Crippen LogP) is 15.0. The monoisotopic (exact) mass is 752 g/mol. The van der Waals surface area contributed by atoms with E-state index in [-0.39, 0.29) is 11.3 Å². The zero-order valence-electron chi connectivity index (χ0n) is 33.1. The largest absolute Gasteiger partial charge is 0.455 e. The van der Waals surface area contributed by atoms with Crippen molar-refractivity contribution in [2.75, 3.05) is 0 Å². The van der Waals surface area contributed by atoms with Crippen LogP contribution >= 0.6 is 0 Å². The van der Waals surface area contributed by atoms with Crippen molar-refractivity contribution in [3.05, 3.63) is 226 Å². The van der Waals surface area contributed by atoms with Crippen LogP contribution in [0.3, 0.4) is 0 Å². The Morgan fingerprint density at radius 3 is 1.93 bits per heavy atom. The van der Waals surface area contributed by atoms with E-state index < -0.39 is 0 Å². The molecule has 0 bridgehead atoms. The molecule has 0 aliphatic heterocycles. The van der Waals surface area contributed by atoms with Crippen molar-refractivity contribution in [1.82, 2.24) is 0 Å². The highest BCUT2D eigenvalue weighted by molar-refractivity contribution is 6.14. The van der Waals surface area contributed by atoms with Crippen LogP contribution in [0.2, 0.25) is 0 Å². The third-order valence-electron chi connectivity index (χ3n) is 14.1. The molecule has 1 aromatic heterocycles. The van der Waals surface area contributed by atoms with Crippen molar-refractivity contribution in [2.24, 2.45) is 0 Å². The molecule has 0 N–H and O–H groups in total. The number of fused-ring (bicyclic) bond motifs is 13. The molecule has 3 aliphatic carbocycles. The minimum absolute atomic E-state index is 0.0463. The van der Waals surface area contributed by atoms with Crippen LogP contribution in [-0.2, 0) is 18.3 Å². The molecular weight excluding hydrogens is 713 g/mol. The summed E-state index contributed by atoms with van der Waals surface area (Å²) < 4.78 is 6.75. The predicted molar refractivity (Wildman–Crippen MR) is 245 cm³/mol. The first-order chi connectivity index (χ1) is 29.0. The molecule has 0 radical (unpaired) electrons. The Morgan fingerprint density at radius 1 is 0.441 bits per heavy atom. The van der Waals surface area contributed by atoms with E-state index in [4.69, 9.17) is 4.42 Å². The Morgan fingerprint density at radius 2 is 1.07 bits per heavy atom. The highest BCUT2D eigenvalue weighted by Gasteiger charge is 2.38. The SMILES string of the molecule is CC1(C)c2ccccc2-c2ccc(C(c3cccc4c3Cc3ccccc3-4)c3cccc4c3Cc3c-4cc4ccccc4c3-c3cccc4c3oc3ccccc34)cc21. The standard InChI is InChI=1S/C58H40O/c1-58(2)52-26-9-7-18-41(52)42-29-28-36(32-53(42)58)55(44-22-11-20-39-37-16-5-3-14-34(37)30-48(39)44)45-23-12-21-40-49-31-35-15-4-6-17-38(35)56(51(49)33-50(40)45)47-25-13-24-46-43-19-8-10-27-54(43)59-57(46)47/h3-29,31-32,55H,30,33H2,1-2H3. The van der Waals surface area contributed by atoms with Gasteiger partial charge in [-0.3, -0.25) is 0 Å². The number of furan rings is 1. The van der Waals surface area contributed by atoms with Crippen LogP contribution in [0.4, 0.5) is 0 Å². The summed E-state index contributed by atoms with van der Waals surface area (Å²) >= 11 is 0. The van der Waals surface area contributed by atoms with Crippen LogP contribution < -0.4 is 0 Å². The first-order valence-corrected chi connectivity index (χ1v) is 21.0. The zero-order chi connectivity index (χ0) is 39.0. The van der Waals surface area contributed by atoms with Gasteiger partial charge in [0.1, 0.15) is 11.2 Å². The van der Waals surface area contributed by atoms with Crippen molar-refractivity contribution >= 4 is 32.7 Å². The van der Waals surface area contributed by atoms with Crippen LogP contribution in [0.5, 0.6) is 0 Å². The van der Waals surface area contributed by atoms with Crippen LogP contribution in [0, 0.1) is 0 Å². The maximum atomic E-state index is 6.75. The van der Waals surface area contributed by atoms with Gasteiger partial charge in [-0.2, -0.15) is 0 Å². The van der Waals surface area contributed by atoms with E-state index in [1.54, 1.807) is 0 Å². The van der Waals surface area contributed by atoms with Gasteiger partial charge >= 0.3 is 0 Å². The second-order valence-corrected chi connectivity index (χ2v) is 17.4. The Labute approximate surface area is 344 Å². The summed E-state index contributed by atoms with van der Waals surface area (Å²) in [5, 5.41) is 4.84. The van der Waals surface area contributed by atoms with Crippen molar-refractivity contribution in [2.45, 2.75) is 38.0 Å². The molecule has 0 saturated heterocycles. The van der Waals surface area contributed by atoms with E-state index in [1.165, 1.54) is 99.8 Å². The molecule has 0 spiro atoms. The number of hydrogen-bond acceptors (Lipinski definition) is 1. The maximum absolute atomic E-state index is 6.75. The summed E-state index contributed by atoms with van der Waals surface area (Å²) in [7, 11) is 0. The molecule has 10 aromatic rings. The molecule has 0 amide bonds. The highest BCUT2D eigenvalue weighted by atomic mass is 16.3. The lowest BCUT2D eigenvalue weighted by Gasteiger charge is -2.27. The lowest BCUT2D eigenvalue weighted by atomic mass is 9.76. The maximum Gasteiger partial charge on any atom is 0.143 e. The van der Waals surface area contributed by atoms with Gasteiger partial charge in [0.05, 0.1) is 0 Å². The summed E-state index contributed by atoms with van der Waals surface area (Å²) in [6.45, 7) is 4.80. The van der Waals surface area contributed by atoms with Gasteiger partial charge in [0.25, 0.3) is 0 Å². The van der Waals surface area contributed by atoms with E-state index in [0.717, 1.165) is 40.3 Å². The van der Waals surface area contributed by atoms with E-state index in [1.807, 2.05) is 0 Å². The average Bonchev–Trinajstić information content (AvgIpc) is 4.02. The average molecular weight is 753 g/mol. The smallest absolute Gasteiger partial charge is 0.143 e. The van der Waals surface area contributed by atoms with E-state index >= 15 is 0 Å². The molecule has 1 heterocycles. The van der Waals surface area contributed by atoms with Crippen LogP contribution in [0.15, 0.2) is 180 Å². The molecule has 0 saturated carbocycles. The molecule has 3 aliphatic rings. The molecule has 1 unspecified atom stereocenters. The number of hydrogen-bond donors (Lipinski definition) is 0. The Kier molecular flexibility index (Phi) is 6.74. The van der Waals surface area contributed by atoms with Gasteiger partial charge in [-0.1, -0.05) is 178 Å². The van der Waals surface area contributed by atoms with Crippen LogP contribution in [0.25, 0.3) is 77.2 Å². The molecule has 1 atom stereocenters. The first-order valence-electron chi connectivity index (χ1n) is 21.0. The first kappa shape index (κ1) is 33.1. The second-order valence-electron chi connectivity index (χ2n) is 17.4. The quantitative estimate of drug-likeness (QED) is 0.163. The minimum atomic E-state index is -0.0943. The molecule has 59 heavy (non-hydrogen) atoms. The summed E-state index contributed by atoms with van der Waals surface area (Å²) in [5.74, 6) is 0.0463. The molecule has 9 aromatic carbocycles. The van der Waals surface area contributed by atoms with E-state index in [0.29, 0.717) is 0 Å². The van der Waals surface area contributed by atoms with E-state index in [2.05, 4.69) is 190 Å². The zero-order valence-corrected chi connectivity index (χ0v) is 33.1. The Balaban J connectivity index is 1.05. The molecule has 13 rings (SSSR count). The van der Waals surface area contributed by atoms with Gasteiger partial charge in [0.15, 0.2) is 0 Å². The molecule has 0 fully saturated rings. The van der Waals surface area contributed by atoms with Gasteiger partial charge in [-0.15, -0.1) is 0 Å².